The summed E-state index contributed by atoms with van der Waals surface area (Å²) in [5.41, 5.74) is 2.24. The van der Waals surface area contributed by atoms with Gasteiger partial charge in [-0.05, 0) is 42.5 Å². The molecule has 0 radical (unpaired) electrons. The molecule has 1 aromatic heterocycles. The minimum absolute atomic E-state index is 0.282. The Morgan fingerprint density at radius 2 is 1.54 bits per heavy atom. The van der Waals surface area contributed by atoms with Crippen molar-refractivity contribution >= 4 is 5.71 Å². The molecule has 0 fully saturated rings. The maximum absolute atomic E-state index is 9.82. The summed E-state index contributed by atoms with van der Waals surface area (Å²) in [6.07, 6.45) is 1.60. The Kier molecular flexibility index (Phi) is 5.74. The van der Waals surface area contributed by atoms with Crippen LogP contribution in [0.5, 0.6) is 23.0 Å². The zero-order valence-electron chi connectivity index (χ0n) is 16.1. The highest BCUT2D eigenvalue weighted by Crippen LogP contribution is 2.39. The highest BCUT2D eigenvalue weighted by molar-refractivity contribution is 6.15. The molecular weight excluding hydrogens is 362 g/mol. The number of furan rings is 1. The molecule has 0 amide bonds. The van der Waals surface area contributed by atoms with Crippen molar-refractivity contribution in [3.8, 4) is 34.3 Å². The van der Waals surface area contributed by atoms with Crippen LogP contribution in [0.3, 0.4) is 0 Å². The summed E-state index contributed by atoms with van der Waals surface area (Å²) in [4.78, 5) is 0. The minimum Gasteiger partial charge on any atom is -0.496 e. The van der Waals surface area contributed by atoms with E-state index < -0.39 is 0 Å². The van der Waals surface area contributed by atoms with Gasteiger partial charge in [-0.1, -0.05) is 5.16 Å². The SMILES string of the molecule is COc1ccc(-c2ccco2)cc1C(=NO)c1cc(OC)c(OC)c(OC)c1. The molecule has 7 nitrogen and oxygen atoms in total. The van der Waals surface area contributed by atoms with Gasteiger partial charge in [-0.15, -0.1) is 0 Å². The third-order valence-electron chi connectivity index (χ3n) is 4.30. The van der Waals surface area contributed by atoms with Gasteiger partial charge in [0.1, 0.15) is 17.2 Å². The van der Waals surface area contributed by atoms with Gasteiger partial charge in [0, 0.05) is 16.7 Å². The second-order valence-corrected chi connectivity index (χ2v) is 5.75. The number of hydrogen-bond acceptors (Lipinski definition) is 7. The molecule has 0 atom stereocenters. The van der Waals surface area contributed by atoms with Crippen LogP contribution >= 0.6 is 0 Å². The summed E-state index contributed by atoms with van der Waals surface area (Å²) in [7, 11) is 6.12. The molecule has 0 spiro atoms. The lowest BCUT2D eigenvalue weighted by atomic mass is 9.98. The second-order valence-electron chi connectivity index (χ2n) is 5.75. The summed E-state index contributed by atoms with van der Waals surface area (Å²) in [6, 6.07) is 12.5. The van der Waals surface area contributed by atoms with E-state index in [-0.39, 0.29) is 5.71 Å². The van der Waals surface area contributed by atoms with Crippen LogP contribution in [0.4, 0.5) is 0 Å². The van der Waals surface area contributed by atoms with E-state index in [1.807, 2.05) is 18.2 Å². The first-order valence-corrected chi connectivity index (χ1v) is 8.41. The van der Waals surface area contributed by atoms with E-state index in [0.717, 1.165) is 5.56 Å². The monoisotopic (exact) mass is 383 g/mol. The van der Waals surface area contributed by atoms with E-state index in [2.05, 4.69) is 5.16 Å². The molecule has 0 aliphatic heterocycles. The van der Waals surface area contributed by atoms with Gasteiger partial charge in [-0.2, -0.15) is 0 Å². The molecule has 0 aliphatic rings. The van der Waals surface area contributed by atoms with Gasteiger partial charge >= 0.3 is 0 Å². The molecule has 0 saturated heterocycles. The van der Waals surface area contributed by atoms with E-state index in [4.69, 9.17) is 23.4 Å². The number of rotatable bonds is 7. The first-order valence-electron chi connectivity index (χ1n) is 8.41. The average molecular weight is 383 g/mol. The van der Waals surface area contributed by atoms with Crippen LogP contribution in [0.1, 0.15) is 11.1 Å². The Morgan fingerprint density at radius 3 is 2.04 bits per heavy atom. The molecule has 0 saturated carbocycles. The molecular formula is C21H21NO6. The maximum atomic E-state index is 9.82. The van der Waals surface area contributed by atoms with Crippen LogP contribution in [-0.2, 0) is 0 Å². The van der Waals surface area contributed by atoms with Crippen molar-refractivity contribution in [2.45, 2.75) is 0 Å². The Labute approximate surface area is 162 Å². The lowest BCUT2D eigenvalue weighted by Crippen LogP contribution is -2.08. The quantitative estimate of drug-likeness (QED) is 0.374. The predicted octanol–water partition coefficient (Wildman–Crippen LogP) is 4.21. The zero-order chi connectivity index (χ0) is 20.1. The fourth-order valence-electron chi connectivity index (χ4n) is 2.97. The van der Waals surface area contributed by atoms with Crippen molar-refractivity contribution in [2.75, 3.05) is 28.4 Å². The minimum atomic E-state index is 0.282. The van der Waals surface area contributed by atoms with Crippen LogP contribution in [0.25, 0.3) is 11.3 Å². The lowest BCUT2D eigenvalue weighted by Gasteiger charge is -2.16. The van der Waals surface area contributed by atoms with E-state index in [1.54, 1.807) is 37.6 Å². The van der Waals surface area contributed by atoms with Crippen molar-refractivity contribution < 1.29 is 28.6 Å². The fraction of sp³-hybridized carbons (Fsp3) is 0.190. The Balaban J connectivity index is 2.18. The number of nitrogens with zero attached hydrogens (tertiary/aromatic N) is 1. The fourth-order valence-corrected chi connectivity index (χ4v) is 2.97. The number of methoxy groups -OCH3 is 4. The molecule has 3 rings (SSSR count). The third kappa shape index (κ3) is 3.46. The summed E-state index contributed by atoms with van der Waals surface area (Å²) in [5, 5.41) is 13.3. The molecule has 0 unspecified atom stereocenters. The smallest absolute Gasteiger partial charge is 0.203 e. The molecule has 0 bridgehead atoms. The molecule has 1 N–H and O–H groups in total. The van der Waals surface area contributed by atoms with Gasteiger partial charge in [-0.3, -0.25) is 0 Å². The summed E-state index contributed by atoms with van der Waals surface area (Å²) >= 11 is 0. The van der Waals surface area contributed by atoms with Crippen molar-refractivity contribution in [2.24, 2.45) is 5.16 Å². The van der Waals surface area contributed by atoms with Crippen molar-refractivity contribution in [1.82, 2.24) is 0 Å². The standard InChI is InChI=1S/C21H21NO6/c1-24-17-8-7-13(16-6-5-9-28-16)10-15(17)20(22-23)14-11-18(25-2)21(27-4)19(12-14)26-3/h5-12,23H,1-4H3. The van der Waals surface area contributed by atoms with Gasteiger partial charge < -0.3 is 28.6 Å². The van der Waals surface area contributed by atoms with Crippen LogP contribution < -0.4 is 18.9 Å². The van der Waals surface area contributed by atoms with Gasteiger partial charge in [0.15, 0.2) is 11.5 Å². The van der Waals surface area contributed by atoms with E-state index in [0.29, 0.717) is 39.9 Å². The molecule has 3 aromatic rings. The van der Waals surface area contributed by atoms with Crippen LogP contribution in [0.15, 0.2) is 58.3 Å². The molecule has 28 heavy (non-hydrogen) atoms. The van der Waals surface area contributed by atoms with Crippen LogP contribution in [-0.4, -0.2) is 39.4 Å². The van der Waals surface area contributed by atoms with Gasteiger partial charge in [0.25, 0.3) is 0 Å². The van der Waals surface area contributed by atoms with Gasteiger partial charge in [0.05, 0.1) is 34.7 Å². The van der Waals surface area contributed by atoms with Crippen molar-refractivity contribution in [1.29, 1.82) is 0 Å². The van der Waals surface area contributed by atoms with Gasteiger partial charge in [-0.25, -0.2) is 0 Å². The van der Waals surface area contributed by atoms with E-state index in [1.165, 1.54) is 21.3 Å². The molecule has 0 aliphatic carbocycles. The largest absolute Gasteiger partial charge is 0.496 e. The Bertz CT molecular complexity index is 954. The first kappa shape index (κ1) is 19.2. The van der Waals surface area contributed by atoms with E-state index >= 15 is 0 Å². The highest BCUT2D eigenvalue weighted by atomic mass is 16.5. The first-order chi connectivity index (χ1) is 13.7. The van der Waals surface area contributed by atoms with Gasteiger partial charge in [0.2, 0.25) is 5.75 Å². The Hall–Kier alpha value is -3.61. The average Bonchev–Trinajstić information content (AvgIpc) is 3.28. The Morgan fingerprint density at radius 1 is 0.857 bits per heavy atom. The summed E-state index contributed by atoms with van der Waals surface area (Å²) in [5.74, 6) is 2.56. The summed E-state index contributed by atoms with van der Waals surface area (Å²) in [6.45, 7) is 0. The topological polar surface area (TPSA) is 82.7 Å². The summed E-state index contributed by atoms with van der Waals surface area (Å²) < 4.78 is 27.1. The van der Waals surface area contributed by atoms with Crippen LogP contribution in [0.2, 0.25) is 0 Å². The zero-order valence-corrected chi connectivity index (χ0v) is 16.1. The lowest BCUT2D eigenvalue weighted by molar-refractivity contribution is 0.318. The number of benzene rings is 2. The van der Waals surface area contributed by atoms with E-state index in [9.17, 15) is 5.21 Å². The third-order valence-corrected chi connectivity index (χ3v) is 4.30. The van der Waals surface area contributed by atoms with Crippen molar-refractivity contribution in [3.63, 3.8) is 0 Å². The normalized spacial score (nSPS) is 11.2. The maximum Gasteiger partial charge on any atom is 0.203 e. The van der Waals surface area contributed by atoms with Crippen LogP contribution in [0, 0.1) is 0 Å². The molecule has 7 heteroatoms. The molecule has 2 aromatic carbocycles. The highest BCUT2D eigenvalue weighted by Gasteiger charge is 2.20. The molecule has 146 valence electrons. The number of oxime groups is 1. The second kappa shape index (κ2) is 8.39. The number of ether oxygens (including phenoxy) is 4. The number of hydrogen-bond donors (Lipinski definition) is 1. The predicted molar refractivity (Wildman–Crippen MR) is 104 cm³/mol. The molecule has 1 heterocycles. The van der Waals surface area contributed by atoms with Crippen molar-refractivity contribution in [3.05, 3.63) is 59.9 Å².